The average molecular weight is 273 g/mol. The lowest BCUT2D eigenvalue weighted by atomic mass is 10.0. The van der Waals surface area contributed by atoms with Crippen LogP contribution in [-0.2, 0) is 11.2 Å². The molecule has 0 saturated carbocycles. The van der Waals surface area contributed by atoms with Crippen molar-refractivity contribution < 1.29 is 9.90 Å². The van der Waals surface area contributed by atoms with Crippen LogP contribution in [-0.4, -0.2) is 29.7 Å². The first-order valence-electron chi connectivity index (χ1n) is 5.90. The van der Waals surface area contributed by atoms with E-state index >= 15 is 0 Å². The van der Waals surface area contributed by atoms with Crippen LogP contribution in [0.25, 0.3) is 0 Å². The Bertz CT molecular complexity index is 346. The van der Waals surface area contributed by atoms with E-state index in [2.05, 4.69) is 5.32 Å². The Labute approximate surface area is 114 Å². The quantitative estimate of drug-likeness (QED) is 0.719. The van der Waals surface area contributed by atoms with Gasteiger partial charge in [-0.15, -0.1) is 12.4 Å². The molecule has 0 radical (unpaired) electrons. The van der Waals surface area contributed by atoms with E-state index in [0.717, 1.165) is 12.0 Å². The third-order valence-corrected chi connectivity index (χ3v) is 2.63. The van der Waals surface area contributed by atoms with Crippen LogP contribution >= 0.6 is 12.4 Å². The maximum absolute atomic E-state index is 11.4. The van der Waals surface area contributed by atoms with Crippen LogP contribution in [0.3, 0.4) is 0 Å². The maximum Gasteiger partial charge on any atom is 0.250 e. The molecule has 1 aromatic carbocycles. The Morgan fingerprint density at radius 2 is 2.00 bits per heavy atom. The zero-order valence-electron chi connectivity index (χ0n) is 10.5. The molecule has 1 rings (SSSR count). The number of likely N-dealkylation sites (N-methyl/N-ethyl adjacent to an activating group) is 1. The monoisotopic (exact) mass is 272 g/mol. The van der Waals surface area contributed by atoms with Gasteiger partial charge >= 0.3 is 0 Å². The van der Waals surface area contributed by atoms with Gasteiger partial charge in [-0.3, -0.25) is 4.79 Å². The van der Waals surface area contributed by atoms with Crippen molar-refractivity contribution in [3.05, 3.63) is 35.9 Å². The molecule has 0 bridgehead atoms. The van der Waals surface area contributed by atoms with Gasteiger partial charge in [0, 0.05) is 12.6 Å². The summed E-state index contributed by atoms with van der Waals surface area (Å²) in [6.45, 7) is 2.31. The topological polar surface area (TPSA) is 75.3 Å². The normalized spacial score (nSPS) is 13.3. The first kappa shape index (κ1) is 16.9. The Morgan fingerprint density at radius 3 is 2.56 bits per heavy atom. The third-order valence-electron chi connectivity index (χ3n) is 2.63. The van der Waals surface area contributed by atoms with Crippen molar-refractivity contribution in [3.8, 4) is 0 Å². The van der Waals surface area contributed by atoms with Crippen molar-refractivity contribution in [1.29, 1.82) is 0 Å². The number of nitrogens with two attached hydrogens (primary N) is 1. The van der Waals surface area contributed by atoms with Gasteiger partial charge in [-0.2, -0.15) is 0 Å². The number of hydrogen-bond acceptors (Lipinski definition) is 3. The largest absolute Gasteiger partial charge is 0.382 e. The molecule has 0 spiro atoms. The predicted octanol–water partition coefficient (Wildman–Crippen LogP) is 0.865. The van der Waals surface area contributed by atoms with Crippen molar-refractivity contribution in [2.75, 3.05) is 6.54 Å². The van der Waals surface area contributed by atoms with Gasteiger partial charge in [0.15, 0.2) is 0 Å². The highest BCUT2D eigenvalue weighted by atomic mass is 35.5. The standard InChI is InChI=1S/C13H20N2O2.ClH/c1-2-15-13(17)12(16)11(14)9-8-10-6-4-3-5-7-10;/h3-7,11-12,16H,2,8-9,14H2,1H3,(H,15,17);1H. The summed E-state index contributed by atoms with van der Waals surface area (Å²) in [6, 6.07) is 9.35. The summed E-state index contributed by atoms with van der Waals surface area (Å²) < 4.78 is 0. The van der Waals surface area contributed by atoms with E-state index in [1.54, 1.807) is 6.92 Å². The molecule has 2 atom stereocenters. The van der Waals surface area contributed by atoms with E-state index in [1.165, 1.54) is 0 Å². The van der Waals surface area contributed by atoms with E-state index in [4.69, 9.17) is 5.73 Å². The van der Waals surface area contributed by atoms with Crippen LogP contribution < -0.4 is 11.1 Å². The highest BCUT2D eigenvalue weighted by Gasteiger charge is 2.21. The summed E-state index contributed by atoms with van der Waals surface area (Å²) >= 11 is 0. The molecule has 0 fully saturated rings. The summed E-state index contributed by atoms with van der Waals surface area (Å²) in [5.74, 6) is -0.395. The lowest BCUT2D eigenvalue weighted by Gasteiger charge is -2.17. The summed E-state index contributed by atoms with van der Waals surface area (Å²) in [5, 5.41) is 12.2. The minimum absolute atomic E-state index is 0. The molecule has 0 aliphatic carbocycles. The molecule has 0 saturated heterocycles. The molecule has 0 aliphatic heterocycles. The highest BCUT2D eigenvalue weighted by Crippen LogP contribution is 2.06. The number of carbonyl (C=O) groups excluding carboxylic acids is 1. The molecule has 4 nitrogen and oxygen atoms in total. The molecule has 18 heavy (non-hydrogen) atoms. The molecule has 1 aromatic rings. The zero-order valence-corrected chi connectivity index (χ0v) is 11.3. The minimum atomic E-state index is -1.13. The van der Waals surface area contributed by atoms with Crippen molar-refractivity contribution >= 4 is 18.3 Å². The Balaban J connectivity index is 0.00000289. The fraction of sp³-hybridized carbons (Fsp3) is 0.462. The fourth-order valence-electron chi connectivity index (χ4n) is 1.61. The lowest BCUT2D eigenvalue weighted by molar-refractivity contribution is -0.130. The molecular formula is C13H21ClN2O2. The van der Waals surface area contributed by atoms with Crippen LogP contribution in [0.15, 0.2) is 30.3 Å². The highest BCUT2D eigenvalue weighted by molar-refractivity contribution is 5.85. The first-order valence-corrected chi connectivity index (χ1v) is 5.90. The van der Waals surface area contributed by atoms with E-state index < -0.39 is 18.1 Å². The Kier molecular flexibility index (Phi) is 8.37. The van der Waals surface area contributed by atoms with Gasteiger partial charge in [0.1, 0.15) is 6.10 Å². The summed E-state index contributed by atoms with van der Waals surface area (Å²) in [6.07, 6.45) is 0.222. The van der Waals surface area contributed by atoms with Crippen molar-refractivity contribution in [3.63, 3.8) is 0 Å². The van der Waals surface area contributed by atoms with Crippen LogP contribution in [0.2, 0.25) is 0 Å². The molecule has 0 heterocycles. The second kappa shape index (κ2) is 8.91. The van der Waals surface area contributed by atoms with Gasteiger partial charge in [-0.25, -0.2) is 0 Å². The van der Waals surface area contributed by atoms with E-state index in [0.29, 0.717) is 13.0 Å². The van der Waals surface area contributed by atoms with Crippen LogP contribution in [0.5, 0.6) is 0 Å². The number of aliphatic hydroxyl groups excluding tert-OH is 1. The molecule has 102 valence electrons. The number of hydrogen-bond donors (Lipinski definition) is 3. The van der Waals surface area contributed by atoms with Gasteiger partial charge in [0.2, 0.25) is 5.91 Å². The number of rotatable bonds is 6. The minimum Gasteiger partial charge on any atom is -0.382 e. The van der Waals surface area contributed by atoms with E-state index in [9.17, 15) is 9.90 Å². The maximum atomic E-state index is 11.4. The van der Waals surface area contributed by atoms with Crippen LogP contribution in [0.1, 0.15) is 18.9 Å². The third kappa shape index (κ3) is 5.49. The molecule has 0 aromatic heterocycles. The molecule has 2 unspecified atom stereocenters. The van der Waals surface area contributed by atoms with Crippen LogP contribution in [0.4, 0.5) is 0 Å². The van der Waals surface area contributed by atoms with Crippen LogP contribution in [0, 0.1) is 0 Å². The van der Waals surface area contributed by atoms with Gasteiger partial charge in [0.05, 0.1) is 0 Å². The molecule has 1 amide bonds. The number of halogens is 1. The number of aryl methyl sites for hydroxylation is 1. The first-order chi connectivity index (χ1) is 8.15. The molecule has 5 heteroatoms. The molecular weight excluding hydrogens is 252 g/mol. The average Bonchev–Trinajstić information content (AvgIpc) is 2.36. The number of nitrogens with one attached hydrogen (secondary N) is 1. The van der Waals surface area contributed by atoms with Crippen molar-refractivity contribution in [1.82, 2.24) is 5.32 Å². The Morgan fingerprint density at radius 1 is 1.39 bits per heavy atom. The van der Waals surface area contributed by atoms with Gasteiger partial charge in [0.25, 0.3) is 0 Å². The SMILES string of the molecule is CCNC(=O)C(O)C(N)CCc1ccccc1.Cl. The van der Waals surface area contributed by atoms with Gasteiger partial charge in [-0.05, 0) is 25.3 Å². The second-order valence-corrected chi connectivity index (χ2v) is 4.03. The second-order valence-electron chi connectivity index (χ2n) is 4.03. The van der Waals surface area contributed by atoms with E-state index in [1.807, 2.05) is 30.3 Å². The summed E-state index contributed by atoms with van der Waals surface area (Å²) in [7, 11) is 0. The number of amides is 1. The fourth-order valence-corrected chi connectivity index (χ4v) is 1.61. The zero-order chi connectivity index (χ0) is 12.7. The lowest BCUT2D eigenvalue weighted by Crippen LogP contribution is -2.46. The number of aliphatic hydroxyl groups is 1. The van der Waals surface area contributed by atoms with Gasteiger partial charge in [-0.1, -0.05) is 30.3 Å². The molecule has 0 aliphatic rings. The summed E-state index contributed by atoms with van der Waals surface area (Å²) in [5.41, 5.74) is 6.94. The van der Waals surface area contributed by atoms with Gasteiger partial charge < -0.3 is 16.2 Å². The predicted molar refractivity (Wildman–Crippen MR) is 74.7 cm³/mol. The van der Waals surface area contributed by atoms with E-state index in [-0.39, 0.29) is 12.4 Å². The summed E-state index contributed by atoms with van der Waals surface area (Å²) in [4.78, 5) is 11.4. The van der Waals surface area contributed by atoms with Crippen molar-refractivity contribution in [2.45, 2.75) is 31.9 Å². The number of carbonyl (C=O) groups is 1. The number of benzene rings is 1. The van der Waals surface area contributed by atoms with Crippen molar-refractivity contribution in [2.24, 2.45) is 5.73 Å². The molecule has 4 N–H and O–H groups in total. The smallest absolute Gasteiger partial charge is 0.250 e. The Hall–Kier alpha value is -1.10.